The number of aromatic amines is 1. The number of rotatable bonds is 4. The van der Waals surface area contributed by atoms with Gasteiger partial charge in [-0.25, -0.2) is 0 Å². The normalized spacial score (nSPS) is 11.3. The van der Waals surface area contributed by atoms with Crippen LogP contribution in [0.5, 0.6) is 11.6 Å². The summed E-state index contributed by atoms with van der Waals surface area (Å²) in [5.41, 5.74) is 2.26. The third-order valence-electron chi connectivity index (χ3n) is 4.50. The average Bonchev–Trinajstić information content (AvgIpc) is 2.71. The highest BCUT2D eigenvalue weighted by Crippen LogP contribution is 2.28. The van der Waals surface area contributed by atoms with Crippen LogP contribution < -0.4 is 5.56 Å². The lowest BCUT2D eigenvalue weighted by Crippen LogP contribution is -2.08. The zero-order valence-electron chi connectivity index (χ0n) is 15.1. The molecule has 3 N–H and O–H groups in total. The molecular formula is C22H16IN3O3. The molecule has 4 aromatic rings. The van der Waals surface area contributed by atoms with Gasteiger partial charge < -0.3 is 10.2 Å². The molecule has 0 aliphatic heterocycles. The molecule has 0 atom stereocenters. The van der Waals surface area contributed by atoms with Gasteiger partial charge in [-0.05, 0) is 70.6 Å². The van der Waals surface area contributed by atoms with Gasteiger partial charge in [-0.3, -0.25) is 19.8 Å². The molecule has 0 unspecified atom stereocenters. The maximum absolute atomic E-state index is 12.0. The lowest BCUT2D eigenvalue weighted by atomic mass is 10.1. The molecule has 0 aliphatic rings. The maximum atomic E-state index is 12.0. The van der Waals surface area contributed by atoms with Gasteiger partial charge in [-0.2, -0.15) is 0 Å². The number of nitrogens with zero attached hydrogens (tertiary/aromatic N) is 2. The van der Waals surface area contributed by atoms with Gasteiger partial charge in [0, 0.05) is 32.3 Å². The molecule has 0 amide bonds. The van der Waals surface area contributed by atoms with Crippen molar-refractivity contribution >= 4 is 39.6 Å². The number of H-pyrrole nitrogens is 1. The van der Waals surface area contributed by atoms with Crippen molar-refractivity contribution in [3.8, 4) is 22.9 Å². The number of nitrogens with one attached hydrogen (secondary N) is 1. The van der Waals surface area contributed by atoms with Gasteiger partial charge in [-0.15, -0.1) is 0 Å². The number of phenols is 1. The minimum absolute atomic E-state index is 0.128. The van der Waals surface area contributed by atoms with E-state index < -0.39 is 0 Å². The van der Waals surface area contributed by atoms with Crippen LogP contribution in [0.2, 0.25) is 0 Å². The minimum Gasteiger partial charge on any atom is -0.507 e. The molecule has 0 aliphatic carbocycles. The first-order valence-corrected chi connectivity index (χ1v) is 9.88. The van der Waals surface area contributed by atoms with Gasteiger partial charge in [0.25, 0.3) is 5.56 Å². The maximum Gasteiger partial charge on any atom is 0.258 e. The van der Waals surface area contributed by atoms with E-state index in [1.54, 1.807) is 24.4 Å². The Bertz CT molecular complexity index is 1280. The number of pyridine rings is 2. The van der Waals surface area contributed by atoms with Crippen LogP contribution in [0, 0.1) is 3.57 Å². The van der Waals surface area contributed by atoms with Crippen molar-refractivity contribution < 1.29 is 10.2 Å². The highest BCUT2D eigenvalue weighted by atomic mass is 127. The van der Waals surface area contributed by atoms with Crippen LogP contribution in [0.4, 0.5) is 0 Å². The van der Waals surface area contributed by atoms with Crippen molar-refractivity contribution in [3.05, 3.63) is 85.8 Å². The standard InChI is InChI=1S/C22H16IN3O3/c23-14-5-7-15-17(10-14)18(22(29)26-21(15)28)12-24-11-13-4-6-16(20(27)9-13)19-3-1-2-8-25-19/h1-10,12,27H,11H2,(H2,26,28,29). The van der Waals surface area contributed by atoms with E-state index in [2.05, 4.69) is 37.6 Å². The van der Waals surface area contributed by atoms with E-state index in [4.69, 9.17) is 0 Å². The smallest absolute Gasteiger partial charge is 0.258 e. The predicted molar refractivity (Wildman–Crippen MR) is 122 cm³/mol. The van der Waals surface area contributed by atoms with Crippen molar-refractivity contribution in [1.29, 1.82) is 0 Å². The molecule has 2 heterocycles. The van der Waals surface area contributed by atoms with E-state index in [1.165, 1.54) is 6.21 Å². The number of hydrogen-bond acceptors (Lipinski definition) is 5. The van der Waals surface area contributed by atoms with Gasteiger partial charge in [0.15, 0.2) is 0 Å². The second kappa shape index (κ2) is 8.04. The first-order valence-electron chi connectivity index (χ1n) is 8.80. The van der Waals surface area contributed by atoms with Crippen LogP contribution in [0.1, 0.15) is 11.1 Å². The van der Waals surface area contributed by atoms with Crippen LogP contribution in [0.3, 0.4) is 0 Å². The molecule has 6 nitrogen and oxygen atoms in total. The lowest BCUT2D eigenvalue weighted by molar-refractivity contribution is 0.452. The second-order valence-electron chi connectivity index (χ2n) is 6.44. The predicted octanol–water partition coefficient (Wildman–Crippen LogP) is 4.23. The monoisotopic (exact) mass is 497 g/mol. The summed E-state index contributed by atoms with van der Waals surface area (Å²) < 4.78 is 0.949. The lowest BCUT2D eigenvalue weighted by Gasteiger charge is -2.07. The summed E-state index contributed by atoms with van der Waals surface area (Å²) >= 11 is 2.16. The summed E-state index contributed by atoms with van der Waals surface area (Å²) in [5.74, 6) is -0.0927. The quantitative estimate of drug-likeness (QED) is 0.291. The van der Waals surface area contributed by atoms with E-state index >= 15 is 0 Å². The zero-order chi connectivity index (χ0) is 20.4. The molecule has 7 heteroatoms. The Balaban J connectivity index is 1.62. The first kappa shape index (κ1) is 19.1. The Hall–Kier alpha value is -3.20. The minimum atomic E-state index is -0.346. The van der Waals surface area contributed by atoms with E-state index in [9.17, 15) is 15.0 Å². The average molecular weight is 497 g/mol. The molecule has 144 valence electrons. The number of halogens is 1. The molecule has 0 saturated carbocycles. The number of hydrogen-bond donors (Lipinski definition) is 3. The number of benzene rings is 2. The van der Waals surface area contributed by atoms with Gasteiger partial charge in [0.05, 0.1) is 17.8 Å². The summed E-state index contributed by atoms with van der Waals surface area (Å²) in [4.78, 5) is 23.1. The molecule has 0 saturated heterocycles. The highest BCUT2D eigenvalue weighted by molar-refractivity contribution is 14.1. The molecule has 0 radical (unpaired) electrons. The Kier molecular flexibility index (Phi) is 5.30. The number of phenolic OH excluding ortho intramolecular Hbond substituents is 1. The third-order valence-corrected chi connectivity index (χ3v) is 5.17. The Labute approximate surface area is 179 Å². The van der Waals surface area contributed by atoms with Crippen LogP contribution in [-0.4, -0.2) is 26.4 Å². The SMILES string of the molecule is O=c1[nH]c(O)c(C=NCc2ccc(-c3ccccn3)c(O)c2)c2cc(I)ccc12. The molecule has 0 fully saturated rings. The van der Waals surface area contributed by atoms with E-state index in [1.807, 2.05) is 36.4 Å². The molecule has 0 bridgehead atoms. The molecular weight excluding hydrogens is 481 g/mol. The number of aliphatic imine (C=N–C) groups is 1. The summed E-state index contributed by atoms with van der Waals surface area (Å²) in [7, 11) is 0. The topological polar surface area (TPSA) is 98.6 Å². The van der Waals surface area contributed by atoms with Crippen molar-refractivity contribution in [2.75, 3.05) is 0 Å². The van der Waals surface area contributed by atoms with Gasteiger partial charge in [0.2, 0.25) is 5.88 Å². The fraction of sp³-hybridized carbons (Fsp3) is 0.0455. The van der Waals surface area contributed by atoms with Crippen LogP contribution >= 0.6 is 22.6 Å². The van der Waals surface area contributed by atoms with Gasteiger partial charge in [0.1, 0.15) is 5.75 Å². The first-order chi connectivity index (χ1) is 14.0. The number of fused-ring (bicyclic) bond motifs is 1. The summed E-state index contributed by atoms with van der Waals surface area (Å²) in [6, 6.07) is 16.2. The van der Waals surface area contributed by atoms with E-state index in [-0.39, 0.29) is 17.2 Å². The van der Waals surface area contributed by atoms with Crippen LogP contribution in [-0.2, 0) is 6.54 Å². The van der Waals surface area contributed by atoms with Crippen molar-refractivity contribution in [2.45, 2.75) is 6.54 Å². The number of aromatic hydroxyl groups is 2. The molecule has 4 rings (SSSR count). The molecule has 0 spiro atoms. The Morgan fingerprint density at radius 2 is 1.93 bits per heavy atom. The zero-order valence-corrected chi connectivity index (χ0v) is 17.3. The fourth-order valence-electron chi connectivity index (χ4n) is 3.09. The Morgan fingerprint density at radius 3 is 2.69 bits per heavy atom. The van der Waals surface area contributed by atoms with Crippen molar-refractivity contribution in [2.24, 2.45) is 4.99 Å². The van der Waals surface area contributed by atoms with Crippen molar-refractivity contribution in [1.82, 2.24) is 9.97 Å². The summed E-state index contributed by atoms with van der Waals surface area (Å²) in [6.07, 6.45) is 3.21. The summed E-state index contributed by atoms with van der Waals surface area (Å²) in [5, 5.41) is 21.6. The van der Waals surface area contributed by atoms with Crippen LogP contribution in [0.25, 0.3) is 22.0 Å². The van der Waals surface area contributed by atoms with Crippen LogP contribution in [0.15, 0.2) is 70.6 Å². The molecule has 2 aromatic heterocycles. The molecule has 2 aromatic carbocycles. The number of aromatic nitrogens is 2. The van der Waals surface area contributed by atoms with Gasteiger partial charge >= 0.3 is 0 Å². The second-order valence-corrected chi connectivity index (χ2v) is 7.69. The highest BCUT2D eigenvalue weighted by Gasteiger charge is 2.10. The van der Waals surface area contributed by atoms with E-state index in [0.29, 0.717) is 34.1 Å². The molecule has 29 heavy (non-hydrogen) atoms. The van der Waals surface area contributed by atoms with Gasteiger partial charge in [-0.1, -0.05) is 12.1 Å². The fourth-order valence-corrected chi connectivity index (χ4v) is 3.59. The van der Waals surface area contributed by atoms with E-state index in [0.717, 1.165) is 9.13 Å². The third kappa shape index (κ3) is 4.00. The summed E-state index contributed by atoms with van der Waals surface area (Å²) in [6.45, 7) is 0.306. The van der Waals surface area contributed by atoms with Crippen molar-refractivity contribution in [3.63, 3.8) is 0 Å². The Morgan fingerprint density at radius 1 is 1.07 bits per heavy atom. The largest absolute Gasteiger partial charge is 0.507 e.